The predicted octanol–water partition coefficient (Wildman–Crippen LogP) is 0.641. The van der Waals surface area contributed by atoms with Crippen molar-refractivity contribution in [2.24, 2.45) is 7.05 Å². The molecule has 0 bridgehead atoms. The van der Waals surface area contributed by atoms with Crippen molar-refractivity contribution in [2.75, 3.05) is 6.54 Å². The number of hydrogen-bond donors (Lipinski definition) is 3. The Hall–Kier alpha value is -3.95. The molecule has 10 heteroatoms. The molecule has 0 aliphatic heterocycles. The van der Waals surface area contributed by atoms with Gasteiger partial charge in [-0.3, -0.25) is 14.4 Å². The molecule has 1 aromatic carbocycles. The number of aromatic hydroxyl groups is 1. The molecular weight excluding hydrogens is 356 g/mol. The molecule has 0 aliphatic rings. The number of pyridine rings is 1. The molecule has 3 N–H and O–H groups in total. The predicted molar refractivity (Wildman–Crippen MR) is 92.9 cm³/mol. The van der Waals surface area contributed by atoms with Gasteiger partial charge in [-0.25, -0.2) is 9.97 Å². The Kier molecular flexibility index (Phi) is 4.71. The molecule has 0 atom stereocenters. The van der Waals surface area contributed by atoms with E-state index in [1.54, 1.807) is 6.07 Å². The number of carboxylic acid groups (broad SMARTS) is 1. The summed E-state index contributed by atoms with van der Waals surface area (Å²) in [6.07, 6.45) is 4.28. The number of carbonyl (C=O) groups excluding carboxylic acids is 1. The Morgan fingerprint density at radius 1 is 1.22 bits per heavy atom. The van der Waals surface area contributed by atoms with E-state index in [2.05, 4.69) is 15.3 Å². The highest BCUT2D eigenvalue weighted by Crippen LogP contribution is 2.30. The molecule has 10 nitrogen and oxygen atoms in total. The largest absolute Gasteiger partial charge is 0.506 e. The molecule has 138 valence electrons. The summed E-state index contributed by atoms with van der Waals surface area (Å²) in [5.41, 5.74) is -0.985. The summed E-state index contributed by atoms with van der Waals surface area (Å²) >= 11 is 0. The van der Waals surface area contributed by atoms with E-state index in [0.717, 1.165) is 0 Å². The third-order valence-corrected chi connectivity index (χ3v) is 3.74. The Morgan fingerprint density at radius 3 is 2.59 bits per heavy atom. The molecule has 0 unspecified atom stereocenters. The van der Waals surface area contributed by atoms with Crippen molar-refractivity contribution in [1.29, 1.82) is 0 Å². The van der Waals surface area contributed by atoms with Gasteiger partial charge in [0.05, 0.1) is 17.9 Å². The lowest BCUT2D eigenvalue weighted by Crippen LogP contribution is -2.35. The fourth-order valence-electron chi connectivity index (χ4n) is 2.49. The first kappa shape index (κ1) is 17.9. The summed E-state index contributed by atoms with van der Waals surface area (Å²) in [5.74, 6) is -2.03. The molecule has 0 radical (unpaired) electrons. The number of aryl methyl sites for hydroxylation is 1. The summed E-state index contributed by atoms with van der Waals surface area (Å²) in [6.45, 7) is -0.675. The van der Waals surface area contributed by atoms with Gasteiger partial charge in [-0.1, -0.05) is 0 Å². The molecule has 0 fully saturated rings. The number of ether oxygens (including phenoxy) is 1. The van der Waals surface area contributed by atoms with Gasteiger partial charge in [0.25, 0.3) is 11.5 Å². The van der Waals surface area contributed by atoms with Crippen LogP contribution >= 0.6 is 0 Å². The van der Waals surface area contributed by atoms with E-state index in [-0.39, 0.29) is 5.39 Å². The van der Waals surface area contributed by atoms with Gasteiger partial charge in [-0.05, 0) is 12.1 Å². The van der Waals surface area contributed by atoms with E-state index in [9.17, 15) is 19.5 Å². The maximum atomic E-state index is 12.5. The second kappa shape index (κ2) is 7.12. The molecule has 27 heavy (non-hydrogen) atoms. The zero-order chi connectivity index (χ0) is 19.6. The van der Waals surface area contributed by atoms with Gasteiger partial charge in [0.1, 0.15) is 29.9 Å². The lowest BCUT2D eigenvalue weighted by atomic mass is 10.1. The number of nitrogens with one attached hydrogen (secondary N) is 1. The lowest BCUT2D eigenvalue weighted by molar-refractivity contribution is -0.135. The average Bonchev–Trinajstić information content (AvgIpc) is 2.65. The number of carboxylic acids is 1. The summed E-state index contributed by atoms with van der Waals surface area (Å²) in [4.78, 5) is 42.9. The number of amides is 1. The summed E-state index contributed by atoms with van der Waals surface area (Å²) in [6, 6.07) is 4.54. The van der Waals surface area contributed by atoms with Crippen LogP contribution < -0.4 is 15.6 Å². The first-order chi connectivity index (χ1) is 12.9. The van der Waals surface area contributed by atoms with Crippen LogP contribution in [-0.2, 0) is 11.8 Å². The van der Waals surface area contributed by atoms with Crippen LogP contribution in [0.5, 0.6) is 17.2 Å². The van der Waals surface area contributed by atoms with Crippen molar-refractivity contribution in [3.63, 3.8) is 0 Å². The van der Waals surface area contributed by atoms with Crippen LogP contribution in [0, 0.1) is 0 Å². The molecule has 0 aliphatic carbocycles. The number of rotatable bonds is 5. The van der Waals surface area contributed by atoms with Gasteiger partial charge < -0.3 is 24.8 Å². The standard InChI is InChI=1S/C17H14N4O6/c1-21-12-4-9(27-10-5-18-8-19-6-10)2-3-11(12)15(24)14(17(21)26)16(25)20-7-13(22)23/h2-6,8,24H,7H2,1H3,(H,20,25)(H,22,23). The Labute approximate surface area is 151 Å². The molecule has 3 rings (SSSR count). The second-order valence-corrected chi connectivity index (χ2v) is 5.52. The monoisotopic (exact) mass is 370 g/mol. The van der Waals surface area contributed by atoms with E-state index in [4.69, 9.17) is 9.84 Å². The summed E-state index contributed by atoms with van der Waals surface area (Å²) in [5, 5.41) is 21.3. The van der Waals surface area contributed by atoms with Crippen LogP contribution in [0.2, 0.25) is 0 Å². The number of carbonyl (C=O) groups is 2. The average molecular weight is 370 g/mol. The Bertz CT molecular complexity index is 1090. The van der Waals surface area contributed by atoms with Crippen LogP contribution in [0.25, 0.3) is 10.9 Å². The number of aliphatic carboxylic acids is 1. The third kappa shape index (κ3) is 3.54. The summed E-state index contributed by atoms with van der Waals surface area (Å²) in [7, 11) is 1.42. The molecule has 0 spiro atoms. The van der Waals surface area contributed by atoms with E-state index >= 15 is 0 Å². The Morgan fingerprint density at radius 2 is 1.93 bits per heavy atom. The highest BCUT2D eigenvalue weighted by Gasteiger charge is 2.21. The number of aromatic nitrogens is 3. The number of fused-ring (bicyclic) bond motifs is 1. The van der Waals surface area contributed by atoms with Gasteiger partial charge in [0.2, 0.25) is 0 Å². The van der Waals surface area contributed by atoms with Crippen LogP contribution in [-0.4, -0.2) is 43.2 Å². The van der Waals surface area contributed by atoms with E-state index in [1.165, 1.54) is 42.5 Å². The van der Waals surface area contributed by atoms with E-state index < -0.39 is 35.3 Å². The van der Waals surface area contributed by atoms with Crippen molar-refractivity contribution in [2.45, 2.75) is 0 Å². The van der Waals surface area contributed by atoms with Crippen molar-refractivity contribution < 1.29 is 24.5 Å². The Balaban J connectivity index is 2.05. The maximum Gasteiger partial charge on any atom is 0.322 e. The van der Waals surface area contributed by atoms with Crippen molar-refractivity contribution in [1.82, 2.24) is 19.9 Å². The van der Waals surface area contributed by atoms with E-state index in [0.29, 0.717) is 17.0 Å². The fourth-order valence-corrected chi connectivity index (χ4v) is 2.49. The maximum absolute atomic E-state index is 12.5. The molecule has 1 amide bonds. The summed E-state index contributed by atoms with van der Waals surface area (Å²) < 4.78 is 6.76. The minimum absolute atomic E-state index is 0.231. The normalized spacial score (nSPS) is 10.6. The lowest BCUT2D eigenvalue weighted by Gasteiger charge is -2.13. The van der Waals surface area contributed by atoms with Crippen LogP contribution in [0.4, 0.5) is 0 Å². The first-order valence-corrected chi connectivity index (χ1v) is 7.67. The topological polar surface area (TPSA) is 144 Å². The highest BCUT2D eigenvalue weighted by atomic mass is 16.5. The third-order valence-electron chi connectivity index (χ3n) is 3.74. The van der Waals surface area contributed by atoms with Gasteiger partial charge in [0, 0.05) is 18.5 Å². The second-order valence-electron chi connectivity index (χ2n) is 5.52. The van der Waals surface area contributed by atoms with Gasteiger partial charge in [-0.2, -0.15) is 0 Å². The minimum Gasteiger partial charge on any atom is -0.506 e. The number of hydrogen-bond acceptors (Lipinski definition) is 7. The van der Waals surface area contributed by atoms with Crippen LogP contribution in [0.15, 0.2) is 41.7 Å². The van der Waals surface area contributed by atoms with E-state index in [1.807, 2.05) is 0 Å². The number of nitrogens with zero attached hydrogens (tertiary/aromatic N) is 3. The first-order valence-electron chi connectivity index (χ1n) is 7.67. The minimum atomic E-state index is -1.27. The van der Waals surface area contributed by atoms with Crippen LogP contribution in [0.3, 0.4) is 0 Å². The molecule has 0 saturated carbocycles. The molecule has 2 heterocycles. The molecule has 0 saturated heterocycles. The van der Waals surface area contributed by atoms with Crippen molar-refractivity contribution >= 4 is 22.8 Å². The molecule has 2 aromatic heterocycles. The fraction of sp³-hybridized carbons (Fsp3) is 0.118. The molecular formula is C17H14N4O6. The van der Waals surface area contributed by atoms with Gasteiger partial charge in [0.15, 0.2) is 5.75 Å². The SMILES string of the molecule is Cn1c(=O)c(C(=O)NCC(=O)O)c(O)c2ccc(Oc3cncnc3)cc21. The van der Waals surface area contributed by atoms with Gasteiger partial charge in [-0.15, -0.1) is 0 Å². The van der Waals surface area contributed by atoms with Crippen molar-refractivity contribution in [3.05, 3.63) is 52.8 Å². The zero-order valence-electron chi connectivity index (χ0n) is 14.0. The smallest absolute Gasteiger partial charge is 0.322 e. The number of benzene rings is 1. The van der Waals surface area contributed by atoms with Crippen LogP contribution in [0.1, 0.15) is 10.4 Å². The molecule has 3 aromatic rings. The van der Waals surface area contributed by atoms with Crippen molar-refractivity contribution in [3.8, 4) is 17.2 Å². The van der Waals surface area contributed by atoms with Gasteiger partial charge >= 0.3 is 5.97 Å². The zero-order valence-corrected chi connectivity index (χ0v) is 14.0. The quantitative estimate of drug-likeness (QED) is 0.593. The highest BCUT2D eigenvalue weighted by molar-refractivity contribution is 6.03.